The van der Waals surface area contributed by atoms with Gasteiger partial charge in [-0.05, 0) is 66.2 Å². The highest BCUT2D eigenvalue weighted by molar-refractivity contribution is 9.10. The molecule has 2 aliphatic rings. The van der Waals surface area contributed by atoms with Crippen LogP contribution in [0.5, 0.6) is 0 Å². The summed E-state index contributed by atoms with van der Waals surface area (Å²) in [7, 11) is 0. The van der Waals surface area contributed by atoms with Gasteiger partial charge >= 0.3 is 0 Å². The van der Waals surface area contributed by atoms with Crippen LogP contribution in [0.1, 0.15) is 20.3 Å². The first-order valence-corrected chi connectivity index (χ1v) is 11.1. The number of morpholine rings is 1. The molecule has 0 bridgehead atoms. The average Bonchev–Trinajstić information content (AvgIpc) is 3.10. The Labute approximate surface area is 185 Å². The summed E-state index contributed by atoms with van der Waals surface area (Å²) in [5.74, 6) is -0.530. The van der Waals surface area contributed by atoms with Crippen LogP contribution in [0.2, 0.25) is 0 Å². The molecule has 0 saturated carbocycles. The maximum absolute atomic E-state index is 12.8. The summed E-state index contributed by atoms with van der Waals surface area (Å²) >= 11 is 3.49. The van der Waals surface area contributed by atoms with Crippen LogP contribution in [0, 0.1) is 5.92 Å². The van der Waals surface area contributed by atoms with Gasteiger partial charge in [0.1, 0.15) is 0 Å². The Kier molecular flexibility index (Phi) is 6.11. The highest BCUT2D eigenvalue weighted by atomic mass is 79.9. The molecule has 3 atom stereocenters. The Hall–Kier alpha value is -2.38. The maximum atomic E-state index is 12.8. The lowest BCUT2D eigenvalue weighted by molar-refractivity contribution is -0.122. The van der Waals surface area contributed by atoms with E-state index in [9.17, 15) is 9.59 Å². The van der Waals surface area contributed by atoms with Gasteiger partial charge in [0.2, 0.25) is 11.8 Å². The van der Waals surface area contributed by atoms with Gasteiger partial charge in [0.25, 0.3) is 0 Å². The topological polar surface area (TPSA) is 61.9 Å². The number of carbonyl (C=O) groups is 2. The molecule has 2 amide bonds. The number of nitrogens with one attached hydrogen (secondary N) is 1. The summed E-state index contributed by atoms with van der Waals surface area (Å²) in [5.41, 5.74) is 2.66. The predicted molar refractivity (Wildman–Crippen MR) is 122 cm³/mol. The fraction of sp³-hybridized carbons (Fsp3) is 0.391. The van der Waals surface area contributed by atoms with Crippen LogP contribution in [0.25, 0.3) is 0 Å². The molecule has 0 aromatic heterocycles. The third kappa shape index (κ3) is 4.52. The Balaban J connectivity index is 1.38. The largest absolute Gasteiger partial charge is 0.372 e. The second kappa shape index (κ2) is 8.78. The van der Waals surface area contributed by atoms with Crippen molar-refractivity contribution in [3.05, 3.63) is 53.0 Å². The normalized spacial score (nSPS) is 24.2. The molecule has 4 rings (SSSR count). The van der Waals surface area contributed by atoms with E-state index < -0.39 is 0 Å². The number of amides is 2. The smallest absolute Gasteiger partial charge is 0.229 e. The third-order valence-electron chi connectivity index (χ3n) is 5.56. The van der Waals surface area contributed by atoms with E-state index in [0.717, 1.165) is 34.6 Å². The second-order valence-corrected chi connectivity index (χ2v) is 8.91. The van der Waals surface area contributed by atoms with E-state index >= 15 is 0 Å². The number of carbonyl (C=O) groups excluding carboxylic acids is 2. The van der Waals surface area contributed by atoms with Crippen molar-refractivity contribution in [1.82, 2.24) is 0 Å². The molecule has 0 radical (unpaired) electrons. The van der Waals surface area contributed by atoms with Gasteiger partial charge in [-0.15, -0.1) is 0 Å². The minimum atomic E-state index is -0.370. The molecule has 1 N–H and O–H groups in total. The number of para-hydroxylation sites is 1. The average molecular weight is 472 g/mol. The summed E-state index contributed by atoms with van der Waals surface area (Å²) in [5, 5.41) is 2.97. The van der Waals surface area contributed by atoms with E-state index in [1.807, 2.05) is 48.5 Å². The van der Waals surface area contributed by atoms with Crippen LogP contribution in [-0.4, -0.2) is 43.7 Å². The van der Waals surface area contributed by atoms with Gasteiger partial charge in [-0.3, -0.25) is 9.59 Å². The lowest BCUT2D eigenvalue weighted by Gasteiger charge is -2.36. The molecular weight excluding hydrogens is 446 g/mol. The van der Waals surface area contributed by atoms with Crippen LogP contribution in [0.3, 0.4) is 0 Å². The van der Waals surface area contributed by atoms with Crippen LogP contribution < -0.4 is 15.1 Å². The van der Waals surface area contributed by atoms with Crippen molar-refractivity contribution in [3.63, 3.8) is 0 Å². The summed E-state index contributed by atoms with van der Waals surface area (Å²) in [6.45, 7) is 6.25. The lowest BCUT2D eigenvalue weighted by atomic mass is 10.1. The molecule has 0 spiro atoms. The zero-order chi connectivity index (χ0) is 21.3. The summed E-state index contributed by atoms with van der Waals surface area (Å²) in [6, 6.07) is 15.4. The number of nitrogens with zero attached hydrogens (tertiary/aromatic N) is 2. The Morgan fingerprint density at radius 2 is 1.70 bits per heavy atom. The molecule has 2 fully saturated rings. The highest BCUT2D eigenvalue weighted by Crippen LogP contribution is 2.32. The van der Waals surface area contributed by atoms with Gasteiger partial charge < -0.3 is 19.9 Å². The molecule has 2 heterocycles. The molecule has 6 nitrogen and oxygen atoms in total. The van der Waals surface area contributed by atoms with E-state index in [2.05, 4.69) is 40.0 Å². The van der Waals surface area contributed by atoms with Crippen LogP contribution >= 0.6 is 15.9 Å². The number of halogens is 1. The van der Waals surface area contributed by atoms with E-state index in [-0.39, 0.29) is 36.4 Å². The van der Waals surface area contributed by atoms with Gasteiger partial charge in [-0.25, -0.2) is 0 Å². The maximum Gasteiger partial charge on any atom is 0.229 e. The molecule has 2 aromatic rings. The number of hydrogen-bond acceptors (Lipinski definition) is 4. The first-order chi connectivity index (χ1) is 14.4. The zero-order valence-electron chi connectivity index (χ0n) is 17.2. The fourth-order valence-corrected chi connectivity index (χ4v) is 4.67. The molecule has 3 unspecified atom stereocenters. The minimum Gasteiger partial charge on any atom is -0.372 e. The lowest BCUT2D eigenvalue weighted by Crippen LogP contribution is -2.45. The van der Waals surface area contributed by atoms with E-state index in [1.54, 1.807) is 4.90 Å². The highest BCUT2D eigenvalue weighted by Gasteiger charge is 2.35. The number of benzene rings is 2. The molecule has 30 heavy (non-hydrogen) atoms. The summed E-state index contributed by atoms with van der Waals surface area (Å²) in [4.78, 5) is 29.2. The molecule has 2 aliphatic heterocycles. The summed E-state index contributed by atoms with van der Waals surface area (Å²) < 4.78 is 6.64. The standard InChI is InChI=1S/C23H26BrN3O3/c1-15-12-26(13-16(2)30-15)19-9-7-18(8-10-19)25-23(29)17-11-22(28)27(14-17)21-6-4-3-5-20(21)24/h3-10,15-17H,11-14H2,1-2H3,(H,25,29). The predicted octanol–water partition coefficient (Wildman–Crippen LogP) is 4.05. The SMILES string of the molecule is CC1CN(c2ccc(NC(=O)C3CC(=O)N(c4ccccc4Br)C3)cc2)CC(C)O1. The van der Waals surface area contributed by atoms with Gasteiger partial charge in [0.05, 0.1) is 23.8 Å². The van der Waals surface area contributed by atoms with Crippen molar-refractivity contribution >= 4 is 44.8 Å². The zero-order valence-corrected chi connectivity index (χ0v) is 18.8. The molecular formula is C23H26BrN3O3. The van der Waals surface area contributed by atoms with Crippen molar-refractivity contribution in [2.24, 2.45) is 5.92 Å². The monoisotopic (exact) mass is 471 g/mol. The Morgan fingerprint density at radius 3 is 2.37 bits per heavy atom. The van der Waals surface area contributed by atoms with Gasteiger partial charge in [0, 0.05) is 41.9 Å². The van der Waals surface area contributed by atoms with Crippen LogP contribution in [-0.2, 0) is 14.3 Å². The van der Waals surface area contributed by atoms with Crippen LogP contribution in [0.4, 0.5) is 17.1 Å². The number of hydrogen-bond donors (Lipinski definition) is 1. The van der Waals surface area contributed by atoms with Crippen molar-refractivity contribution < 1.29 is 14.3 Å². The van der Waals surface area contributed by atoms with Crippen molar-refractivity contribution in [2.75, 3.05) is 34.8 Å². The molecule has 158 valence electrons. The van der Waals surface area contributed by atoms with Gasteiger partial charge in [-0.2, -0.15) is 0 Å². The number of ether oxygens (including phenoxy) is 1. The molecule has 2 saturated heterocycles. The van der Waals surface area contributed by atoms with Crippen molar-refractivity contribution in [3.8, 4) is 0 Å². The van der Waals surface area contributed by atoms with Gasteiger partial charge in [-0.1, -0.05) is 12.1 Å². The van der Waals surface area contributed by atoms with E-state index in [1.165, 1.54) is 0 Å². The van der Waals surface area contributed by atoms with Crippen molar-refractivity contribution in [1.29, 1.82) is 0 Å². The Morgan fingerprint density at radius 1 is 1.03 bits per heavy atom. The first-order valence-electron chi connectivity index (χ1n) is 10.3. The first kappa shape index (κ1) is 20.9. The minimum absolute atomic E-state index is 0.0343. The molecule has 7 heteroatoms. The van der Waals surface area contributed by atoms with Gasteiger partial charge in [0.15, 0.2) is 0 Å². The van der Waals surface area contributed by atoms with Crippen LogP contribution in [0.15, 0.2) is 53.0 Å². The van der Waals surface area contributed by atoms with Crippen molar-refractivity contribution in [2.45, 2.75) is 32.5 Å². The Bertz CT molecular complexity index is 924. The number of rotatable bonds is 4. The fourth-order valence-electron chi connectivity index (χ4n) is 4.18. The second-order valence-electron chi connectivity index (χ2n) is 8.06. The van der Waals surface area contributed by atoms with E-state index in [4.69, 9.17) is 4.74 Å². The quantitative estimate of drug-likeness (QED) is 0.730. The molecule has 0 aliphatic carbocycles. The number of anilines is 3. The third-order valence-corrected chi connectivity index (χ3v) is 6.23. The summed E-state index contributed by atoms with van der Waals surface area (Å²) in [6.07, 6.45) is 0.607. The van der Waals surface area contributed by atoms with E-state index in [0.29, 0.717) is 6.54 Å². The molecule has 2 aromatic carbocycles.